The molecule has 0 amide bonds. The molecule has 2 aromatic heterocycles. The van der Waals surface area contributed by atoms with Crippen molar-refractivity contribution in [2.75, 3.05) is 0 Å². The first-order valence-electron chi connectivity index (χ1n) is 22.4. The first-order chi connectivity index (χ1) is 32.0. The van der Waals surface area contributed by atoms with Crippen LogP contribution in [0.2, 0.25) is 0 Å². The third-order valence-corrected chi connectivity index (χ3v) is 15.3. The van der Waals surface area contributed by atoms with E-state index in [4.69, 9.17) is 15.0 Å². The fourth-order valence-corrected chi connectivity index (χ4v) is 12.5. The van der Waals surface area contributed by atoms with Gasteiger partial charge in [0, 0.05) is 42.3 Å². The van der Waals surface area contributed by atoms with Crippen LogP contribution in [0.5, 0.6) is 0 Å². The Balaban J connectivity index is 1.10. The molecule has 0 bridgehead atoms. The van der Waals surface area contributed by atoms with Crippen molar-refractivity contribution in [3.8, 4) is 67.5 Å². The zero-order valence-corrected chi connectivity index (χ0v) is 36.8. The molecule has 0 atom stereocenters. The molecule has 13 rings (SSSR count). The van der Waals surface area contributed by atoms with Gasteiger partial charge in [-0.1, -0.05) is 214 Å². The molecule has 2 aliphatic rings. The maximum Gasteiger partial charge on any atom is 0.165 e. The van der Waals surface area contributed by atoms with Crippen molar-refractivity contribution in [3.63, 3.8) is 0 Å². The van der Waals surface area contributed by atoms with Gasteiger partial charge in [0.1, 0.15) is 0 Å². The molecule has 0 radical (unpaired) electrons. The zero-order chi connectivity index (χ0) is 43.3. The summed E-state index contributed by atoms with van der Waals surface area (Å²) in [6.45, 7) is 4.71. The zero-order valence-electron chi connectivity index (χ0n) is 36.0. The summed E-state index contributed by atoms with van der Waals surface area (Å²) in [4.78, 5) is 16.7. The summed E-state index contributed by atoms with van der Waals surface area (Å²) in [6, 6.07) is 77.0. The lowest BCUT2D eigenvalue weighted by atomic mass is 9.67. The largest absolute Gasteiger partial charge is 0.208 e. The van der Waals surface area contributed by atoms with E-state index in [1.165, 1.54) is 75.8 Å². The predicted octanol–water partition coefficient (Wildman–Crippen LogP) is 15.6. The molecule has 9 aromatic carbocycles. The monoisotopic (exact) mass is 847 g/mol. The molecule has 11 aromatic rings. The molecule has 3 nitrogen and oxygen atoms in total. The van der Waals surface area contributed by atoms with Gasteiger partial charge in [-0.3, -0.25) is 0 Å². The first kappa shape index (κ1) is 37.7. The number of hydrogen-bond donors (Lipinski definition) is 0. The van der Waals surface area contributed by atoms with Gasteiger partial charge in [-0.15, -0.1) is 11.3 Å². The summed E-state index contributed by atoms with van der Waals surface area (Å²) in [6.07, 6.45) is 0. The second-order valence-corrected chi connectivity index (χ2v) is 18.8. The highest BCUT2D eigenvalue weighted by Gasteiger charge is 2.47. The van der Waals surface area contributed by atoms with Crippen LogP contribution in [-0.2, 0) is 10.8 Å². The lowest BCUT2D eigenvalue weighted by Crippen LogP contribution is -2.28. The lowest BCUT2D eigenvalue weighted by molar-refractivity contribution is 0.662. The van der Waals surface area contributed by atoms with Crippen LogP contribution < -0.4 is 0 Å². The van der Waals surface area contributed by atoms with Gasteiger partial charge in [-0.05, 0) is 78.9 Å². The summed E-state index contributed by atoms with van der Waals surface area (Å²) < 4.78 is 2.41. The number of hydrogen-bond acceptors (Lipinski definition) is 4. The Morgan fingerprint density at radius 2 is 0.800 bits per heavy atom. The maximum atomic E-state index is 5.60. The minimum Gasteiger partial charge on any atom is -0.208 e. The average Bonchev–Trinajstić information content (AvgIpc) is 3.98. The number of thiophene rings is 1. The van der Waals surface area contributed by atoms with Gasteiger partial charge in [0.05, 0.1) is 5.41 Å². The second-order valence-electron chi connectivity index (χ2n) is 17.8. The van der Waals surface area contributed by atoms with Crippen molar-refractivity contribution in [2.45, 2.75) is 24.7 Å². The van der Waals surface area contributed by atoms with E-state index in [1.807, 2.05) is 0 Å². The van der Waals surface area contributed by atoms with E-state index in [0.717, 1.165) is 27.8 Å². The summed E-state index contributed by atoms with van der Waals surface area (Å²) in [7, 11) is 0. The first-order valence-corrected chi connectivity index (χ1v) is 23.2. The molecule has 0 aliphatic heterocycles. The number of fused-ring (bicyclic) bond motifs is 9. The highest BCUT2D eigenvalue weighted by Crippen LogP contribution is 2.58. The SMILES string of the molecule is CC1(C)c2ccccc2-c2cccc(-c3ccccc3-c3nc(-c4cccc5c4-c4ccccc4C5(c4ccccc4)c4ccccc4)nc(-c4cccc5c4sc4ccccc45)n3)c21. The van der Waals surface area contributed by atoms with E-state index in [1.54, 1.807) is 11.3 Å². The Morgan fingerprint density at radius 1 is 0.338 bits per heavy atom. The van der Waals surface area contributed by atoms with Gasteiger partial charge in [0.25, 0.3) is 0 Å². The Hall–Kier alpha value is -7.79. The molecule has 2 aliphatic carbocycles. The van der Waals surface area contributed by atoms with Gasteiger partial charge in [-0.2, -0.15) is 0 Å². The van der Waals surface area contributed by atoms with Crippen molar-refractivity contribution < 1.29 is 0 Å². The van der Waals surface area contributed by atoms with Gasteiger partial charge >= 0.3 is 0 Å². The van der Waals surface area contributed by atoms with Crippen LogP contribution in [0.1, 0.15) is 47.2 Å². The highest BCUT2D eigenvalue weighted by atomic mass is 32.1. The number of aromatic nitrogens is 3. The molecule has 2 heterocycles. The minimum atomic E-state index is -0.559. The third-order valence-electron chi connectivity index (χ3n) is 14.0. The van der Waals surface area contributed by atoms with Gasteiger partial charge in [0.2, 0.25) is 0 Å². The smallest absolute Gasteiger partial charge is 0.165 e. The Bertz CT molecular complexity index is 3660. The molecular weight excluding hydrogens is 807 g/mol. The van der Waals surface area contributed by atoms with Crippen molar-refractivity contribution >= 4 is 31.5 Å². The normalized spacial score (nSPS) is 13.9. The molecule has 0 N–H and O–H groups in total. The van der Waals surface area contributed by atoms with Crippen molar-refractivity contribution in [1.82, 2.24) is 15.0 Å². The summed E-state index contributed by atoms with van der Waals surface area (Å²) in [5.41, 5.74) is 17.0. The molecule has 65 heavy (non-hydrogen) atoms. The summed E-state index contributed by atoms with van der Waals surface area (Å²) in [5.74, 6) is 1.95. The van der Waals surface area contributed by atoms with E-state index >= 15 is 0 Å². The van der Waals surface area contributed by atoms with Crippen LogP contribution in [0.15, 0.2) is 212 Å². The lowest BCUT2D eigenvalue weighted by Gasteiger charge is -2.33. The highest BCUT2D eigenvalue weighted by molar-refractivity contribution is 7.26. The maximum absolute atomic E-state index is 5.60. The average molecular weight is 848 g/mol. The second kappa shape index (κ2) is 14.4. The van der Waals surface area contributed by atoms with Gasteiger partial charge < -0.3 is 0 Å². The molecule has 0 saturated heterocycles. The molecule has 4 heteroatoms. The minimum absolute atomic E-state index is 0.205. The predicted molar refractivity (Wildman–Crippen MR) is 269 cm³/mol. The molecule has 0 spiro atoms. The van der Waals surface area contributed by atoms with Crippen LogP contribution in [0.3, 0.4) is 0 Å². The Labute approximate surface area is 382 Å². The van der Waals surface area contributed by atoms with Crippen LogP contribution in [0, 0.1) is 0 Å². The number of rotatable bonds is 6. The van der Waals surface area contributed by atoms with E-state index in [9.17, 15) is 0 Å². The standard InChI is InChI=1S/C61H41N3S/c1-60(2)50-34-14-11-25-41(50)44-30-17-29-43(55(44)60)40-24-9-10-27-46(40)57-62-58(64-59(63-57)49-33-18-31-45-42-26-13-16-37-53(42)65-56(45)49)48-32-19-36-52-54(48)47-28-12-15-35-51(47)61(52,38-20-5-3-6-21-38)39-22-7-4-8-23-39/h3-37H,1-2H3. The van der Waals surface area contributed by atoms with Crippen LogP contribution >= 0.6 is 11.3 Å². The number of nitrogens with zero attached hydrogens (tertiary/aromatic N) is 3. The summed E-state index contributed by atoms with van der Waals surface area (Å²) >= 11 is 1.80. The number of benzene rings is 9. The fraction of sp³-hybridized carbons (Fsp3) is 0.0656. The van der Waals surface area contributed by atoms with Crippen molar-refractivity contribution in [1.29, 1.82) is 0 Å². The molecule has 0 fully saturated rings. The third kappa shape index (κ3) is 5.44. The molecular formula is C61H41N3S. The fourth-order valence-electron chi connectivity index (χ4n) is 11.3. The van der Waals surface area contributed by atoms with E-state index < -0.39 is 5.41 Å². The quantitative estimate of drug-likeness (QED) is 0.167. The van der Waals surface area contributed by atoms with Gasteiger partial charge in [0.15, 0.2) is 17.5 Å². The van der Waals surface area contributed by atoms with Crippen LogP contribution in [-0.4, -0.2) is 15.0 Å². The molecule has 0 unspecified atom stereocenters. The van der Waals surface area contributed by atoms with Crippen molar-refractivity contribution in [2.24, 2.45) is 0 Å². The van der Waals surface area contributed by atoms with Crippen molar-refractivity contribution in [3.05, 3.63) is 246 Å². The van der Waals surface area contributed by atoms with E-state index in [2.05, 4.69) is 226 Å². The van der Waals surface area contributed by atoms with E-state index in [0.29, 0.717) is 17.5 Å². The van der Waals surface area contributed by atoms with Crippen LogP contribution in [0.25, 0.3) is 87.7 Å². The topological polar surface area (TPSA) is 38.7 Å². The molecule has 306 valence electrons. The van der Waals surface area contributed by atoms with Crippen LogP contribution in [0.4, 0.5) is 0 Å². The molecule has 0 saturated carbocycles. The summed E-state index contributed by atoms with van der Waals surface area (Å²) in [5, 5.41) is 2.45. The van der Waals surface area contributed by atoms with Gasteiger partial charge in [-0.25, -0.2) is 15.0 Å². The van der Waals surface area contributed by atoms with E-state index in [-0.39, 0.29) is 5.41 Å². The Morgan fingerprint density at radius 3 is 1.54 bits per heavy atom. The Kier molecular flexibility index (Phi) is 8.34.